The summed E-state index contributed by atoms with van der Waals surface area (Å²) in [7, 11) is 0. The van der Waals surface area contributed by atoms with Gasteiger partial charge in [0.05, 0.1) is 33.0 Å². The first-order valence-electron chi connectivity index (χ1n) is 14.5. The van der Waals surface area contributed by atoms with Gasteiger partial charge < -0.3 is 19.4 Å². The third-order valence-electron chi connectivity index (χ3n) is 7.87. The summed E-state index contributed by atoms with van der Waals surface area (Å²) in [5.74, 6) is -0.252. The van der Waals surface area contributed by atoms with Crippen LogP contribution < -0.4 is 4.90 Å². The van der Waals surface area contributed by atoms with E-state index in [1.807, 2.05) is 20.8 Å². The number of nitrogens with zero attached hydrogens (tertiary/aromatic N) is 7. The topological polar surface area (TPSA) is 157 Å². The molecule has 5 rings (SSSR count). The van der Waals surface area contributed by atoms with Crippen LogP contribution in [0.2, 0.25) is 0 Å². The number of likely N-dealkylation sites (tertiary alicyclic amines) is 1. The Morgan fingerprint density at radius 3 is 1.82 bits per heavy atom. The molecule has 3 heterocycles. The van der Waals surface area contributed by atoms with Crippen LogP contribution in [0.3, 0.4) is 0 Å². The van der Waals surface area contributed by atoms with Crippen LogP contribution in [0, 0.1) is 20.2 Å². The fourth-order valence-electron chi connectivity index (χ4n) is 5.62. The Morgan fingerprint density at radius 1 is 0.795 bits per heavy atom. The SMILES string of the molecule is CC(C)(C)OC(=O)N1CCC(c2c(C(=O)N3CCN(c4ccc([N+](=O)[O-])cc4)CC3)cnn2-c2ccc([N+](=O)[O-])cc2)CC1. The zero-order valence-corrected chi connectivity index (χ0v) is 24.9. The minimum atomic E-state index is -0.607. The summed E-state index contributed by atoms with van der Waals surface area (Å²) in [6.45, 7) is 8.40. The van der Waals surface area contributed by atoms with E-state index in [-0.39, 0.29) is 29.3 Å². The summed E-state index contributed by atoms with van der Waals surface area (Å²) in [6.07, 6.45) is 2.36. The molecule has 0 radical (unpaired) electrons. The molecule has 2 aliphatic rings. The van der Waals surface area contributed by atoms with Crippen molar-refractivity contribution in [1.29, 1.82) is 0 Å². The van der Waals surface area contributed by atoms with Crippen molar-refractivity contribution >= 4 is 29.1 Å². The molecular weight excluding hydrogens is 570 g/mol. The van der Waals surface area contributed by atoms with Gasteiger partial charge in [-0.25, -0.2) is 9.48 Å². The zero-order valence-electron chi connectivity index (χ0n) is 24.9. The van der Waals surface area contributed by atoms with Crippen LogP contribution in [0.1, 0.15) is 55.6 Å². The first kappa shape index (κ1) is 30.4. The monoisotopic (exact) mass is 605 g/mol. The molecule has 14 nitrogen and oxygen atoms in total. The minimum Gasteiger partial charge on any atom is -0.444 e. The number of piperazine rings is 1. The highest BCUT2D eigenvalue weighted by Crippen LogP contribution is 2.34. The zero-order chi connectivity index (χ0) is 31.6. The molecular formula is C30H35N7O7. The smallest absolute Gasteiger partial charge is 0.410 e. The number of piperidine rings is 1. The van der Waals surface area contributed by atoms with E-state index in [1.54, 1.807) is 44.9 Å². The number of benzene rings is 2. The van der Waals surface area contributed by atoms with E-state index in [0.717, 1.165) is 5.69 Å². The quantitative estimate of drug-likeness (QED) is 0.285. The number of carbonyl (C=O) groups is 2. The van der Waals surface area contributed by atoms with Crippen molar-refractivity contribution in [2.75, 3.05) is 44.2 Å². The highest BCUT2D eigenvalue weighted by atomic mass is 16.6. The van der Waals surface area contributed by atoms with Crippen molar-refractivity contribution in [2.45, 2.75) is 45.1 Å². The van der Waals surface area contributed by atoms with Crippen molar-refractivity contribution in [3.05, 3.63) is 86.2 Å². The Labute approximate surface area is 254 Å². The molecule has 2 aromatic carbocycles. The number of hydrogen-bond donors (Lipinski definition) is 0. The van der Waals surface area contributed by atoms with Gasteiger partial charge in [0.25, 0.3) is 17.3 Å². The lowest BCUT2D eigenvalue weighted by Gasteiger charge is -2.37. The highest BCUT2D eigenvalue weighted by Gasteiger charge is 2.34. The number of non-ortho nitro benzene ring substituents is 2. The van der Waals surface area contributed by atoms with Crippen LogP contribution in [-0.2, 0) is 4.74 Å². The van der Waals surface area contributed by atoms with E-state index in [2.05, 4.69) is 10.00 Å². The van der Waals surface area contributed by atoms with E-state index >= 15 is 0 Å². The van der Waals surface area contributed by atoms with Gasteiger partial charge in [-0.05, 0) is 57.9 Å². The first-order valence-corrected chi connectivity index (χ1v) is 14.5. The van der Waals surface area contributed by atoms with E-state index in [4.69, 9.17) is 4.74 Å². The maximum absolute atomic E-state index is 13.9. The van der Waals surface area contributed by atoms with E-state index in [0.29, 0.717) is 69.1 Å². The second-order valence-corrected chi connectivity index (χ2v) is 11.9. The largest absolute Gasteiger partial charge is 0.444 e. The fourth-order valence-corrected chi connectivity index (χ4v) is 5.62. The lowest BCUT2D eigenvalue weighted by Crippen LogP contribution is -2.49. The molecule has 232 valence electrons. The molecule has 0 spiro atoms. The standard InChI is InChI=1S/C30H35N7O7/c1-30(2,3)44-29(39)34-14-12-21(13-15-34)27-26(20-31-35(27)23-6-10-25(11-7-23)37(42)43)28(38)33-18-16-32(17-19-33)22-4-8-24(9-5-22)36(40)41/h4-11,20-21H,12-19H2,1-3H3. The van der Waals surface area contributed by atoms with Gasteiger partial charge in [0.15, 0.2) is 0 Å². The van der Waals surface area contributed by atoms with E-state index < -0.39 is 15.4 Å². The molecule has 0 aliphatic carbocycles. The maximum atomic E-state index is 13.9. The summed E-state index contributed by atoms with van der Waals surface area (Å²) in [5.41, 5.74) is 2.00. The molecule has 44 heavy (non-hydrogen) atoms. The summed E-state index contributed by atoms with van der Waals surface area (Å²) >= 11 is 0. The average molecular weight is 606 g/mol. The highest BCUT2D eigenvalue weighted by molar-refractivity contribution is 5.95. The lowest BCUT2D eigenvalue weighted by atomic mass is 9.90. The molecule has 0 atom stereocenters. The Balaban J connectivity index is 1.36. The number of aromatic nitrogens is 2. The van der Waals surface area contributed by atoms with Gasteiger partial charge >= 0.3 is 6.09 Å². The third kappa shape index (κ3) is 6.63. The van der Waals surface area contributed by atoms with Gasteiger partial charge in [-0.2, -0.15) is 5.10 Å². The van der Waals surface area contributed by atoms with Crippen molar-refractivity contribution < 1.29 is 24.2 Å². The number of amides is 2. The molecule has 0 bridgehead atoms. The van der Waals surface area contributed by atoms with Crippen molar-refractivity contribution in [1.82, 2.24) is 19.6 Å². The molecule has 3 aromatic rings. The Bertz CT molecular complexity index is 1530. The number of hydrogen-bond acceptors (Lipinski definition) is 9. The maximum Gasteiger partial charge on any atom is 0.410 e. The van der Waals surface area contributed by atoms with Gasteiger partial charge in [0, 0.05) is 75.1 Å². The summed E-state index contributed by atoms with van der Waals surface area (Å²) < 4.78 is 7.22. The Kier molecular flexibility index (Phi) is 8.52. The number of rotatable bonds is 6. The first-order chi connectivity index (χ1) is 20.9. The van der Waals surface area contributed by atoms with Crippen LogP contribution in [-0.4, -0.2) is 86.3 Å². The molecule has 14 heteroatoms. The molecule has 2 aliphatic heterocycles. The minimum absolute atomic E-state index is 0.0251. The van der Waals surface area contributed by atoms with Gasteiger partial charge in [-0.15, -0.1) is 0 Å². The Hall–Kier alpha value is -5.01. The van der Waals surface area contributed by atoms with Crippen LogP contribution in [0.25, 0.3) is 5.69 Å². The van der Waals surface area contributed by atoms with E-state index in [1.165, 1.54) is 24.3 Å². The molecule has 0 unspecified atom stereocenters. The van der Waals surface area contributed by atoms with Gasteiger partial charge in [0.2, 0.25) is 0 Å². The molecule has 1 aromatic heterocycles. The molecule has 2 amide bonds. The Morgan fingerprint density at radius 2 is 1.32 bits per heavy atom. The second kappa shape index (κ2) is 12.3. The van der Waals surface area contributed by atoms with Crippen LogP contribution in [0.5, 0.6) is 0 Å². The number of anilines is 1. The fraction of sp³-hybridized carbons (Fsp3) is 0.433. The predicted molar refractivity (Wildman–Crippen MR) is 161 cm³/mol. The molecule has 2 fully saturated rings. The normalized spacial score (nSPS) is 16.1. The average Bonchev–Trinajstić information content (AvgIpc) is 3.45. The third-order valence-corrected chi connectivity index (χ3v) is 7.87. The molecule has 0 N–H and O–H groups in total. The number of nitro benzene ring substituents is 2. The number of ether oxygens (including phenoxy) is 1. The summed E-state index contributed by atoms with van der Waals surface area (Å²) in [6, 6.07) is 12.4. The van der Waals surface area contributed by atoms with Crippen molar-refractivity contribution in [2.24, 2.45) is 0 Å². The number of nitro groups is 2. The molecule has 2 saturated heterocycles. The molecule has 0 saturated carbocycles. The van der Waals surface area contributed by atoms with Crippen LogP contribution in [0.15, 0.2) is 54.7 Å². The van der Waals surface area contributed by atoms with Crippen molar-refractivity contribution in [3.8, 4) is 5.69 Å². The van der Waals surface area contributed by atoms with E-state index in [9.17, 15) is 29.8 Å². The number of carbonyl (C=O) groups excluding carboxylic acids is 2. The van der Waals surface area contributed by atoms with Crippen molar-refractivity contribution in [3.63, 3.8) is 0 Å². The summed E-state index contributed by atoms with van der Waals surface area (Å²) in [4.78, 5) is 53.5. The summed E-state index contributed by atoms with van der Waals surface area (Å²) in [5, 5.41) is 26.8. The van der Waals surface area contributed by atoms with Crippen LogP contribution in [0.4, 0.5) is 21.9 Å². The van der Waals surface area contributed by atoms with Gasteiger partial charge in [0.1, 0.15) is 5.60 Å². The predicted octanol–water partition coefficient (Wildman–Crippen LogP) is 4.77. The lowest BCUT2D eigenvalue weighted by molar-refractivity contribution is -0.385. The van der Waals surface area contributed by atoms with Gasteiger partial charge in [-0.3, -0.25) is 25.0 Å². The second-order valence-electron chi connectivity index (χ2n) is 11.9. The van der Waals surface area contributed by atoms with Gasteiger partial charge in [-0.1, -0.05) is 0 Å². The van der Waals surface area contributed by atoms with Crippen LogP contribution >= 0.6 is 0 Å².